The van der Waals surface area contributed by atoms with E-state index in [1.165, 1.54) is 24.2 Å². The number of amides is 2. The van der Waals surface area contributed by atoms with Crippen LogP contribution in [0.2, 0.25) is 0 Å². The Hall–Kier alpha value is -0.900. The molecule has 8 heteroatoms. The Bertz CT molecular complexity index is 512. The molecular weight excluding hydrogens is 445 g/mol. The van der Waals surface area contributed by atoms with Crippen molar-refractivity contribution in [3.63, 3.8) is 0 Å². The minimum atomic E-state index is -0.0517. The molecule has 2 bridgehead atoms. The van der Waals surface area contributed by atoms with E-state index >= 15 is 0 Å². The second-order valence-corrected chi connectivity index (χ2v) is 7.51. The van der Waals surface area contributed by atoms with E-state index < -0.39 is 0 Å². The van der Waals surface area contributed by atoms with Crippen LogP contribution in [0.15, 0.2) is 4.99 Å². The minimum absolute atomic E-state index is 0. The van der Waals surface area contributed by atoms with Gasteiger partial charge in [-0.15, -0.1) is 24.0 Å². The monoisotopic (exact) mass is 477 g/mol. The standard InChI is InChI=1S/C18H31N5O2.HI/c1-19-18(20-9-10-23-16(24)7-4-8-17(23)25)21-13-11-14-5-3-6-15(12-13)22(14)2;/h13-15H,3-12H2,1-2H3,(H2,19,20,21);1H. The van der Waals surface area contributed by atoms with Crippen LogP contribution in [0.3, 0.4) is 0 Å². The zero-order valence-corrected chi connectivity index (χ0v) is 18.2. The lowest BCUT2D eigenvalue weighted by Crippen LogP contribution is -2.57. The van der Waals surface area contributed by atoms with Gasteiger partial charge in [-0.3, -0.25) is 19.5 Å². The normalized spacial score (nSPS) is 30.0. The largest absolute Gasteiger partial charge is 0.355 e. The lowest BCUT2D eigenvalue weighted by atomic mass is 9.82. The van der Waals surface area contributed by atoms with E-state index in [-0.39, 0.29) is 35.8 Å². The number of likely N-dealkylation sites (tertiary alicyclic amines) is 1. The summed E-state index contributed by atoms with van der Waals surface area (Å²) in [5, 5.41) is 6.80. The Morgan fingerprint density at radius 3 is 2.31 bits per heavy atom. The number of hydrogen-bond donors (Lipinski definition) is 2. The average molecular weight is 477 g/mol. The predicted octanol–water partition coefficient (Wildman–Crippen LogP) is 1.32. The molecule has 3 saturated heterocycles. The summed E-state index contributed by atoms with van der Waals surface area (Å²) in [7, 11) is 4.02. The fraction of sp³-hybridized carbons (Fsp3) is 0.833. The molecule has 0 aromatic heterocycles. The van der Waals surface area contributed by atoms with Crippen LogP contribution in [0.5, 0.6) is 0 Å². The van der Waals surface area contributed by atoms with Crippen molar-refractivity contribution in [2.75, 3.05) is 27.2 Å². The smallest absolute Gasteiger partial charge is 0.229 e. The molecule has 2 atom stereocenters. The first kappa shape index (κ1) is 21.4. The van der Waals surface area contributed by atoms with Gasteiger partial charge in [0.1, 0.15) is 0 Å². The maximum Gasteiger partial charge on any atom is 0.229 e. The van der Waals surface area contributed by atoms with E-state index in [0.717, 1.165) is 18.8 Å². The molecule has 2 unspecified atom stereocenters. The maximum absolute atomic E-state index is 11.8. The molecule has 3 aliphatic heterocycles. The second-order valence-electron chi connectivity index (χ2n) is 7.51. The number of hydrogen-bond acceptors (Lipinski definition) is 4. The van der Waals surface area contributed by atoms with Crippen LogP contribution < -0.4 is 10.6 Å². The van der Waals surface area contributed by atoms with Crippen molar-refractivity contribution in [1.29, 1.82) is 0 Å². The molecule has 0 spiro atoms. The number of rotatable bonds is 4. The van der Waals surface area contributed by atoms with Crippen LogP contribution >= 0.6 is 24.0 Å². The summed E-state index contributed by atoms with van der Waals surface area (Å²) in [5.74, 6) is 0.665. The van der Waals surface area contributed by atoms with Crippen LogP contribution in [0.25, 0.3) is 0 Å². The van der Waals surface area contributed by atoms with Crippen molar-refractivity contribution in [3.05, 3.63) is 0 Å². The first-order chi connectivity index (χ1) is 12.1. The molecule has 2 amide bonds. The van der Waals surface area contributed by atoms with E-state index in [1.54, 1.807) is 7.05 Å². The fourth-order valence-electron chi connectivity index (χ4n) is 4.46. The van der Waals surface area contributed by atoms with Gasteiger partial charge in [-0.25, -0.2) is 0 Å². The predicted molar refractivity (Wildman–Crippen MR) is 113 cm³/mol. The third kappa shape index (κ3) is 5.09. The number of imide groups is 1. The van der Waals surface area contributed by atoms with E-state index in [1.807, 2.05) is 0 Å². The lowest BCUT2D eigenvalue weighted by molar-refractivity contribution is -0.147. The SMILES string of the molecule is CN=C(NCCN1C(=O)CCCC1=O)NC1CC2CCCC(C1)N2C.I. The van der Waals surface area contributed by atoms with Gasteiger partial charge in [0, 0.05) is 51.1 Å². The van der Waals surface area contributed by atoms with Crippen LogP contribution in [0.1, 0.15) is 51.4 Å². The Kier molecular flexibility index (Phi) is 8.12. The van der Waals surface area contributed by atoms with Crippen molar-refractivity contribution in [2.45, 2.75) is 69.5 Å². The van der Waals surface area contributed by atoms with Gasteiger partial charge in [-0.1, -0.05) is 6.42 Å². The number of carbonyl (C=O) groups excluding carboxylic acids is 2. The average Bonchev–Trinajstić information content (AvgIpc) is 2.57. The molecule has 0 aromatic carbocycles. The first-order valence-corrected chi connectivity index (χ1v) is 9.60. The highest BCUT2D eigenvalue weighted by molar-refractivity contribution is 14.0. The zero-order chi connectivity index (χ0) is 17.8. The summed E-state index contributed by atoms with van der Waals surface area (Å²) in [6.07, 6.45) is 7.87. The lowest BCUT2D eigenvalue weighted by Gasteiger charge is -2.47. The molecule has 3 aliphatic rings. The van der Waals surface area contributed by atoms with Crippen molar-refractivity contribution in [1.82, 2.24) is 20.4 Å². The van der Waals surface area contributed by atoms with E-state index in [2.05, 4.69) is 27.6 Å². The molecule has 3 rings (SSSR count). The molecular formula is C18H32IN5O2. The summed E-state index contributed by atoms with van der Waals surface area (Å²) in [5.41, 5.74) is 0. The minimum Gasteiger partial charge on any atom is -0.355 e. The number of halogens is 1. The number of nitrogens with one attached hydrogen (secondary N) is 2. The number of aliphatic imine (C=N–C) groups is 1. The summed E-state index contributed by atoms with van der Waals surface area (Å²) in [4.78, 5) is 31.9. The van der Waals surface area contributed by atoms with Crippen molar-refractivity contribution < 1.29 is 9.59 Å². The van der Waals surface area contributed by atoms with Crippen LogP contribution in [0, 0.1) is 0 Å². The molecule has 0 saturated carbocycles. The van der Waals surface area contributed by atoms with Gasteiger partial charge in [-0.2, -0.15) is 0 Å². The quantitative estimate of drug-likeness (QED) is 0.277. The van der Waals surface area contributed by atoms with Crippen molar-refractivity contribution in [2.24, 2.45) is 4.99 Å². The molecule has 2 N–H and O–H groups in total. The van der Waals surface area contributed by atoms with Crippen molar-refractivity contribution >= 4 is 41.8 Å². The van der Waals surface area contributed by atoms with Crippen molar-refractivity contribution in [3.8, 4) is 0 Å². The summed E-state index contributed by atoms with van der Waals surface area (Å²) in [6.45, 7) is 0.952. The molecule has 7 nitrogen and oxygen atoms in total. The Labute approximate surface area is 173 Å². The van der Waals surface area contributed by atoms with Gasteiger partial charge in [-0.05, 0) is 39.2 Å². The van der Waals surface area contributed by atoms with E-state index in [4.69, 9.17) is 0 Å². The molecule has 3 fully saturated rings. The van der Waals surface area contributed by atoms with Gasteiger partial charge in [0.2, 0.25) is 11.8 Å². The number of nitrogens with zero attached hydrogens (tertiary/aromatic N) is 3. The Morgan fingerprint density at radius 2 is 1.73 bits per heavy atom. The van der Waals surface area contributed by atoms with Gasteiger partial charge < -0.3 is 15.5 Å². The van der Waals surface area contributed by atoms with Gasteiger partial charge in [0.15, 0.2) is 5.96 Å². The van der Waals surface area contributed by atoms with Gasteiger partial charge >= 0.3 is 0 Å². The summed E-state index contributed by atoms with van der Waals surface area (Å²) >= 11 is 0. The third-order valence-corrected chi connectivity index (χ3v) is 5.92. The maximum atomic E-state index is 11.8. The van der Waals surface area contributed by atoms with E-state index in [0.29, 0.717) is 50.5 Å². The van der Waals surface area contributed by atoms with Crippen LogP contribution in [-0.4, -0.2) is 72.9 Å². The number of guanidine groups is 1. The number of piperidine rings is 3. The van der Waals surface area contributed by atoms with Gasteiger partial charge in [0.05, 0.1) is 0 Å². The number of fused-ring (bicyclic) bond motifs is 2. The Balaban J connectivity index is 0.00000243. The highest BCUT2D eigenvalue weighted by atomic mass is 127. The van der Waals surface area contributed by atoms with Crippen LogP contribution in [-0.2, 0) is 9.59 Å². The molecule has 148 valence electrons. The summed E-state index contributed by atoms with van der Waals surface area (Å²) in [6, 6.07) is 1.79. The van der Waals surface area contributed by atoms with Crippen LogP contribution in [0.4, 0.5) is 0 Å². The molecule has 0 aliphatic carbocycles. The number of carbonyl (C=O) groups is 2. The molecule has 3 heterocycles. The Morgan fingerprint density at radius 1 is 1.12 bits per heavy atom. The molecule has 0 aromatic rings. The zero-order valence-electron chi connectivity index (χ0n) is 15.9. The topological polar surface area (TPSA) is 77.0 Å². The van der Waals surface area contributed by atoms with E-state index in [9.17, 15) is 9.59 Å². The molecule has 26 heavy (non-hydrogen) atoms. The third-order valence-electron chi connectivity index (χ3n) is 5.92. The second kappa shape index (κ2) is 9.87. The molecule has 0 radical (unpaired) electrons. The summed E-state index contributed by atoms with van der Waals surface area (Å²) < 4.78 is 0. The fourth-order valence-corrected chi connectivity index (χ4v) is 4.46. The highest BCUT2D eigenvalue weighted by Gasteiger charge is 2.36. The first-order valence-electron chi connectivity index (χ1n) is 9.60. The highest BCUT2D eigenvalue weighted by Crippen LogP contribution is 2.32. The van der Waals surface area contributed by atoms with Gasteiger partial charge in [0.25, 0.3) is 0 Å².